The molecule has 4 aromatic heterocycles. The molecule has 1 aromatic carbocycles. The van der Waals surface area contributed by atoms with Gasteiger partial charge in [-0.15, -0.1) is 5.10 Å². The van der Waals surface area contributed by atoms with Crippen LogP contribution in [0.15, 0.2) is 49.1 Å². The van der Waals surface area contributed by atoms with Crippen LogP contribution in [-0.2, 0) is 0 Å². The Hall–Kier alpha value is -4.51. The standard InChI is InChI=1S/C24H24N8O3/c1-13-7-23(34)30-32(13)24-17(14(2)33)5-6-22(29-24)31-12-27-18-8-19(21(35-4)9-20(18)31)28-16-10-25-15(3)26-11-16/h5-12,14,28,33H,1-4H3,(H,30,34)/t14-/m0/s1. The summed E-state index contributed by atoms with van der Waals surface area (Å²) in [5.41, 5.74) is 4.20. The Morgan fingerprint density at radius 2 is 1.83 bits per heavy atom. The summed E-state index contributed by atoms with van der Waals surface area (Å²) >= 11 is 0. The molecule has 0 radical (unpaired) electrons. The molecule has 0 aliphatic heterocycles. The summed E-state index contributed by atoms with van der Waals surface area (Å²) in [6.07, 6.45) is 4.30. The number of nitrogens with one attached hydrogen (secondary N) is 1. The zero-order valence-corrected chi connectivity index (χ0v) is 19.6. The maximum absolute atomic E-state index is 10.3. The van der Waals surface area contributed by atoms with E-state index in [1.165, 1.54) is 10.7 Å². The molecule has 0 aliphatic carbocycles. The second kappa shape index (κ2) is 8.69. The van der Waals surface area contributed by atoms with Gasteiger partial charge in [-0.1, -0.05) is 0 Å². The Labute approximate surface area is 200 Å². The third-order valence-corrected chi connectivity index (χ3v) is 5.59. The number of aryl methyl sites for hydroxylation is 2. The predicted molar refractivity (Wildman–Crippen MR) is 130 cm³/mol. The molecular weight excluding hydrogens is 448 g/mol. The molecule has 11 heteroatoms. The van der Waals surface area contributed by atoms with Crippen molar-refractivity contribution in [2.24, 2.45) is 0 Å². The van der Waals surface area contributed by atoms with Gasteiger partial charge in [0.25, 0.3) is 0 Å². The molecule has 35 heavy (non-hydrogen) atoms. The Kier molecular flexibility index (Phi) is 5.53. The number of ether oxygens (including phenoxy) is 1. The van der Waals surface area contributed by atoms with Crippen molar-refractivity contribution in [2.45, 2.75) is 26.9 Å². The predicted octanol–water partition coefficient (Wildman–Crippen LogP) is 3.52. The van der Waals surface area contributed by atoms with Gasteiger partial charge in [0, 0.05) is 23.4 Å². The van der Waals surface area contributed by atoms with E-state index in [-0.39, 0.29) is 5.88 Å². The molecule has 0 saturated carbocycles. The number of aromatic nitrogens is 7. The Morgan fingerprint density at radius 1 is 1.06 bits per heavy atom. The number of imidazole rings is 1. The van der Waals surface area contributed by atoms with E-state index in [2.05, 4.69) is 25.4 Å². The van der Waals surface area contributed by atoms with Gasteiger partial charge in [0.2, 0.25) is 5.88 Å². The van der Waals surface area contributed by atoms with Gasteiger partial charge in [-0.05, 0) is 39.0 Å². The van der Waals surface area contributed by atoms with Crippen molar-refractivity contribution in [3.05, 3.63) is 66.1 Å². The topological polar surface area (TPSA) is 136 Å². The first kappa shape index (κ1) is 22.3. The van der Waals surface area contributed by atoms with Gasteiger partial charge >= 0.3 is 0 Å². The second-order valence-electron chi connectivity index (χ2n) is 8.11. The summed E-state index contributed by atoms with van der Waals surface area (Å²) in [5, 5.41) is 27.6. The van der Waals surface area contributed by atoms with Crippen molar-refractivity contribution in [3.8, 4) is 23.3 Å². The van der Waals surface area contributed by atoms with Crippen LogP contribution in [0.1, 0.15) is 30.1 Å². The highest BCUT2D eigenvalue weighted by Crippen LogP contribution is 2.33. The van der Waals surface area contributed by atoms with Gasteiger partial charge < -0.3 is 20.3 Å². The number of hydrogen-bond acceptors (Lipinski definition) is 9. The fourth-order valence-electron chi connectivity index (χ4n) is 3.85. The number of anilines is 2. The van der Waals surface area contributed by atoms with E-state index in [0.29, 0.717) is 34.5 Å². The lowest BCUT2D eigenvalue weighted by molar-refractivity contribution is 0.198. The second-order valence-corrected chi connectivity index (χ2v) is 8.11. The van der Waals surface area contributed by atoms with Crippen molar-refractivity contribution in [2.75, 3.05) is 12.4 Å². The lowest BCUT2D eigenvalue weighted by Crippen LogP contribution is -2.10. The van der Waals surface area contributed by atoms with Crippen LogP contribution in [0, 0.1) is 13.8 Å². The quantitative estimate of drug-likeness (QED) is 0.339. The lowest BCUT2D eigenvalue weighted by atomic mass is 10.1. The van der Waals surface area contributed by atoms with Crippen LogP contribution >= 0.6 is 0 Å². The smallest absolute Gasteiger partial charge is 0.231 e. The largest absolute Gasteiger partial charge is 0.494 e. The normalized spacial score (nSPS) is 12.1. The lowest BCUT2D eigenvalue weighted by Gasteiger charge is -2.15. The summed E-state index contributed by atoms with van der Waals surface area (Å²) in [6, 6.07) is 8.87. The Balaban J connectivity index is 1.60. The molecule has 0 saturated heterocycles. The minimum Gasteiger partial charge on any atom is -0.494 e. The van der Waals surface area contributed by atoms with Crippen molar-refractivity contribution in [3.63, 3.8) is 0 Å². The fraction of sp³-hybridized carbons (Fsp3) is 0.208. The van der Waals surface area contributed by atoms with E-state index < -0.39 is 6.10 Å². The van der Waals surface area contributed by atoms with Crippen LogP contribution in [0.3, 0.4) is 0 Å². The number of aromatic hydroxyl groups is 1. The summed E-state index contributed by atoms with van der Waals surface area (Å²) in [6.45, 7) is 5.29. The zero-order valence-electron chi connectivity index (χ0n) is 19.6. The zero-order chi connectivity index (χ0) is 24.7. The van der Waals surface area contributed by atoms with Crippen LogP contribution in [-0.4, -0.2) is 51.6 Å². The summed E-state index contributed by atoms with van der Waals surface area (Å²) in [7, 11) is 1.60. The number of aliphatic hydroxyl groups is 1. The third kappa shape index (κ3) is 4.13. The van der Waals surface area contributed by atoms with Gasteiger partial charge in [0.15, 0.2) is 5.82 Å². The van der Waals surface area contributed by atoms with Crippen LogP contribution in [0.4, 0.5) is 11.4 Å². The monoisotopic (exact) mass is 472 g/mol. The van der Waals surface area contributed by atoms with Crippen molar-refractivity contribution >= 4 is 22.4 Å². The number of hydrogen-bond donors (Lipinski definition) is 3. The average molecular weight is 473 g/mol. The van der Waals surface area contributed by atoms with E-state index in [1.807, 2.05) is 23.6 Å². The highest BCUT2D eigenvalue weighted by Gasteiger charge is 2.18. The molecule has 0 unspecified atom stereocenters. The van der Waals surface area contributed by atoms with Crippen LogP contribution in [0.5, 0.6) is 11.6 Å². The van der Waals surface area contributed by atoms with Gasteiger partial charge in [-0.3, -0.25) is 4.57 Å². The average Bonchev–Trinajstić information content (AvgIpc) is 3.41. The summed E-state index contributed by atoms with van der Waals surface area (Å²) in [5.74, 6) is 2.15. The SMILES string of the molecule is COc1cc2c(cc1Nc1cnc(C)nc1)ncn2-c1ccc([C@H](C)O)c(-n2nc(O)cc2C)n1. The molecule has 0 aliphatic rings. The summed E-state index contributed by atoms with van der Waals surface area (Å²) in [4.78, 5) is 17.7. The Morgan fingerprint density at radius 3 is 2.49 bits per heavy atom. The Bertz CT molecular complexity index is 1520. The van der Waals surface area contributed by atoms with Crippen LogP contribution < -0.4 is 10.1 Å². The molecule has 4 heterocycles. The van der Waals surface area contributed by atoms with Crippen molar-refractivity contribution in [1.82, 2.24) is 34.3 Å². The number of fused-ring (bicyclic) bond motifs is 1. The number of methoxy groups -OCH3 is 1. The number of nitrogens with zero attached hydrogens (tertiary/aromatic N) is 7. The van der Waals surface area contributed by atoms with Crippen LogP contribution in [0.2, 0.25) is 0 Å². The maximum Gasteiger partial charge on any atom is 0.231 e. The van der Waals surface area contributed by atoms with E-state index in [0.717, 1.165) is 22.4 Å². The van der Waals surface area contributed by atoms with E-state index in [9.17, 15) is 10.2 Å². The number of aliphatic hydroxyl groups excluding tert-OH is 1. The molecule has 0 amide bonds. The molecular formula is C24H24N8O3. The molecule has 5 aromatic rings. The third-order valence-electron chi connectivity index (χ3n) is 5.59. The van der Waals surface area contributed by atoms with Gasteiger partial charge in [-0.2, -0.15) is 0 Å². The highest BCUT2D eigenvalue weighted by atomic mass is 16.5. The van der Waals surface area contributed by atoms with Crippen molar-refractivity contribution in [1.29, 1.82) is 0 Å². The minimum absolute atomic E-state index is 0.122. The number of rotatable bonds is 6. The summed E-state index contributed by atoms with van der Waals surface area (Å²) < 4.78 is 8.96. The first-order valence-corrected chi connectivity index (χ1v) is 10.9. The molecule has 0 fully saturated rings. The molecule has 3 N–H and O–H groups in total. The molecule has 178 valence electrons. The first-order valence-electron chi connectivity index (χ1n) is 10.9. The molecule has 0 spiro atoms. The maximum atomic E-state index is 10.3. The first-order chi connectivity index (χ1) is 16.8. The van der Waals surface area contributed by atoms with Crippen LogP contribution in [0.25, 0.3) is 22.7 Å². The minimum atomic E-state index is -0.781. The fourth-order valence-corrected chi connectivity index (χ4v) is 3.85. The van der Waals surface area contributed by atoms with E-state index in [4.69, 9.17) is 9.72 Å². The van der Waals surface area contributed by atoms with E-state index in [1.54, 1.807) is 51.8 Å². The molecule has 11 nitrogen and oxygen atoms in total. The number of benzene rings is 1. The van der Waals surface area contributed by atoms with Gasteiger partial charge in [-0.25, -0.2) is 24.6 Å². The van der Waals surface area contributed by atoms with Gasteiger partial charge in [0.05, 0.1) is 48.0 Å². The molecule has 0 bridgehead atoms. The van der Waals surface area contributed by atoms with Gasteiger partial charge in [0.1, 0.15) is 23.7 Å². The number of pyridine rings is 1. The van der Waals surface area contributed by atoms with E-state index >= 15 is 0 Å². The highest BCUT2D eigenvalue weighted by molar-refractivity contribution is 5.86. The molecule has 5 rings (SSSR count). The molecule has 1 atom stereocenters. The van der Waals surface area contributed by atoms with Crippen molar-refractivity contribution < 1.29 is 14.9 Å².